The molecule has 1 aliphatic heterocycles. The molecule has 2 fully saturated rings. The average molecular weight is 248 g/mol. The number of alkyl halides is 6. The molecule has 0 bridgehead atoms. The molecular formula is C9H10F6O. The Morgan fingerprint density at radius 2 is 1.69 bits per heavy atom. The van der Waals surface area contributed by atoms with Crippen LogP contribution in [0.25, 0.3) is 0 Å². The second-order valence-electron chi connectivity index (χ2n) is 4.26. The lowest BCUT2D eigenvalue weighted by molar-refractivity contribution is -0.260. The van der Waals surface area contributed by atoms with E-state index >= 15 is 0 Å². The SMILES string of the molecule is FC(C(F)(F)F)C(F)(F)C1CCCC2OC21. The molecule has 0 aromatic carbocycles. The first kappa shape index (κ1) is 12.0. The first-order chi connectivity index (χ1) is 7.24. The van der Waals surface area contributed by atoms with Gasteiger partial charge in [0.1, 0.15) is 0 Å². The molecule has 2 rings (SSSR count). The second-order valence-corrected chi connectivity index (χ2v) is 4.26. The van der Waals surface area contributed by atoms with Gasteiger partial charge in [0.15, 0.2) is 0 Å². The Bertz CT molecular complexity index is 276. The molecule has 16 heavy (non-hydrogen) atoms. The van der Waals surface area contributed by atoms with E-state index in [2.05, 4.69) is 0 Å². The topological polar surface area (TPSA) is 12.5 Å². The Kier molecular flexibility index (Phi) is 2.64. The Morgan fingerprint density at radius 3 is 2.25 bits per heavy atom. The molecule has 94 valence electrons. The monoisotopic (exact) mass is 248 g/mol. The van der Waals surface area contributed by atoms with Crippen molar-refractivity contribution in [2.24, 2.45) is 5.92 Å². The molecule has 1 heterocycles. The highest BCUT2D eigenvalue weighted by atomic mass is 19.4. The minimum absolute atomic E-state index is 0.120. The van der Waals surface area contributed by atoms with E-state index in [9.17, 15) is 26.3 Å². The smallest absolute Gasteiger partial charge is 0.369 e. The zero-order valence-corrected chi connectivity index (χ0v) is 8.11. The van der Waals surface area contributed by atoms with Crippen LogP contribution in [-0.4, -0.2) is 30.5 Å². The number of epoxide rings is 1. The van der Waals surface area contributed by atoms with Crippen LogP contribution < -0.4 is 0 Å². The molecule has 1 saturated heterocycles. The number of hydrogen-bond acceptors (Lipinski definition) is 1. The summed E-state index contributed by atoms with van der Waals surface area (Å²) in [6.45, 7) is 0. The maximum atomic E-state index is 13.3. The summed E-state index contributed by atoms with van der Waals surface area (Å²) in [7, 11) is 0. The van der Waals surface area contributed by atoms with Gasteiger partial charge in [-0.15, -0.1) is 0 Å². The van der Waals surface area contributed by atoms with Crippen LogP contribution in [0, 0.1) is 5.92 Å². The van der Waals surface area contributed by atoms with Gasteiger partial charge in [-0.2, -0.15) is 13.2 Å². The molecule has 7 heteroatoms. The van der Waals surface area contributed by atoms with Gasteiger partial charge >= 0.3 is 6.18 Å². The summed E-state index contributed by atoms with van der Waals surface area (Å²) in [5, 5.41) is 0. The summed E-state index contributed by atoms with van der Waals surface area (Å²) in [6, 6.07) is 0. The highest BCUT2D eigenvalue weighted by Gasteiger charge is 2.66. The fourth-order valence-electron chi connectivity index (χ4n) is 2.26. The molecule has 0 spiro atoms. The third kappa shape index (κ3) is 1.89. The van der Waals surface area contributed by atoms with Crippen molar-refractivity contribution in [2.75, 3.05) is 0 Å². The third-order valence-corrected chi connectivity index (χ3v) is 3.14. The first-order valence-electron chi connectivity index (χ1n) is 4.98. The van der Waals surface area contributed by atoms with Crippen LogP contribution in [0.1, 0.15) is 19.3 Å². The summed E-state index contributed by atoms with van der Waals surface area (Å²) in [4.78, 5) is 0. The van der Waals surface area contributed by atoms with Crippen LogP contribution >= 0.6 is 0 Å². The van der Waals surface area contributed by atoms with E-state index in [1.807, 2.05) is 0 Å². The quantitative estimate of drug-likeness (QED) is 0.540. The number of fused-ring (bicyclic) bond motifs is 1. The van der Waals surface area contributed by atoms with E-state index in [0.717, 1.165) is 0 Å². The molecule has 2 aliphatic rings. The van der Waals surface area contributed by atoms with Crippen LogP contribution in [0.2, 0.25) is 0 Å². The Hall–Kier alpha value is -0.460. The molecule has 1 aliphatic carbocycles. The minimum atomic E-state index is -5.52. The van der Waals surface area contributed by atoms with Crippen molar-refractivity contribution >= 4 is 0 Å². The van der Waals surface area contributed by atoms with Gasteiger partial charge in [0, 0.05) is 0 Å². The van der Waals surface area contributed by atoms with Crippen molar-refractivity contribution in [2.45, 2.75) is 49.7 Å². The Balaban J connectivity index is 2.11. The van der Waals surface area contributed by atoms with E-state index in [-0.39, 0.29) is 6.42 Å². The molecule has 1 saturated carbocycles. The van der Waals surface area contributed by atoms with E-state index in [1.165, 1.54) is 0 Å². The molecule has 0 radical (unpaired) electrons. The number of hydrogen-bond donors (Lipinski definition) is 0. The fourth-order valence-corrected chi connectivity index (χ4v) is 2.26. The van der Waals surface area contributed by atoms with Crippen LogP contribution in [0.5, 0.6) is 0 Å². The molecule has 0 aromatic heterocycles. The maximum absolute atomic E-state index is 13.3. The maximum Gasteiger partial charge on any atom is 0.425 e. The number of halogens is 6. The Labute approximate surface area is 87.8 Å². The van der Waals surface area contributed by atoms with E-state index in [0.29, 0.717) is 12.8 Å². The van der Waals surface area contributed by atoms with Gasteiger partial charge < -0.3 is 4.74 Å². The van der Waals surface area contributed by atoms with Crippen molar-refractivity contribution in [3.05, 3.63) is 0 Å². The van der Waals surface area contributed by atoms with Gasteiger partial charge in [-0.1, -0.05) is 6.42 Å². The van der Waals surface area contributed by atoms with Crippen molar-refractivity contribution < 1.29 is 31.1 Å². The van der Waals surface area contributed by atoms with Gasteiger partial charge in [-0.25, -0.2) is 13.2 Å². The van der Waals surface area contributed by atoms with Crippen LogP contribution in [-0.2, 0) is 4.74 Å². The fraction of sp³-hybridized carbons (Fsp3) is 1.00. The molecule has 4 unspecified atom stereocenters. The van der Waals surface area contributed by atoms with E-state index in [4.69, 9.17) is 4.74 Å². The molecule has 0 N–H and O–H groups in total. The number of rotatable bonds is 2. The Morgan fingerprint density at radius 1 is 1.06 bits per heavy atom. The summed E-state index contributed by atoms with van der Waals surface area (Å²) in [5.41, 5.74) is 0. The summed E-state index contributed by atoms with van der Waals surface area (Å²) < 4.78 is 80.0. The molecular weight excluding hydrogens is 238 g/mol. The highest BCUT2D eigenvalue weighted by molar-refractivity contribution is 5.03. The van der Waals surface area contributed by atoms with Gasteiger partial charge in [0.2, 0.25) is 0 Å². The normalized spacial score (nSPS) is 36.8. The van der Waals surface area contributed by atoms with E-state index in [1.54, 1.807) is 0 Å². The van der Waals surface area contributed by atoms with Crippen molar-refractivity contribution in [3.63, 3.8) is 0 Å². The molecule has 1 nitrogen and oxygen atoms in total. The molecule has 4 atom stereocenters. The van der Waals surface area contributed by atoms with E-state index < -0.39 is 36.4 Å². The van der Waals surface area contributed by atoms with Gasteiger partial charge in [-0.3, -0.25) is 0 Å². The van der Waals surface area contributed by atoms with Crippen LogP contribution in [0.15, 0.2) is 0 Å². The van der Waals surface area contributed by atoms with Crippen molar-refractivity contribution in [1.29, 1.82) is 0 Å². The molecule has 0 aromatic rings. The molecule has 0 amide bonds. The first-order valence-corrected chi connectivity index (χ1v) is 4.98. The zero-order valence-electron chi connectivity index (χ0n) is 8.11. The summed E-state index contributed by atoms with van der Waals surface area (Å²) in [6.07, 6.45) is -10.1. The minimum Gasteiger partial charge on any atom is -0.369 e. The van der Waals surface area contributed by atoms with Gasteiger partial charge in [-0.05, 0) is 12.8 Å². The standard InChI is InChI=1S/C9H10F6O/c10-7(9(13,14)15)8(11,12)4-2-1-3-5-6(4)16-5/h4-7H,1-3H2. The predicted molar refractivity (Wildman–Crippen MR) is 41.9 cm³/mol. The van der Waals surface area contributed by atoms with Crippen LogP contribution in [0.4, 0.5) is 26.3 Å². The lowest BCUT2D eigenvalue weighted by atomic mass is 9.82. The largest absolute Gasteiger partial charge is 0.425 e. The number of ether oxygens (including phenoxy) is 1. The summed E-state index contributed by atoms with van der Waals surface area (Å²) >= 11 is 0. The lowest BCUT2D eigenvalue weighted by Crippen LogP contribution is -2.49. The second kappa shape index (κ2) is 3.51. The predicted octanol–water partition coefficient (Wildman–Crippen LogP) is 3.09. The van der Waals surface area contributed by atoms with Crippen molar-refractivity contribution in [1.82, 2.24) is 0 Å². The average Bonchev–Trinajstić information content (AvgIpc) is 2.92. The van der Waals surface area contributed by atoms with Gasteiger partial charge in [0.05, 0.1) is 18.1 Å². The highest BCUT2D eigenvalue weighted by Crippen LogP contribution is 2.51. The summed E-state index contributed by atoms with van der Waals surface area (Å²) in [5.74, 6) is -6.04. The van der Waals surface area contributed by atoms with Crippen molar-refractivity contribution in [3.8, 4) is 0 Å². The third-order valence-electron chi connectivity index (χ3n) is 3.14. The zero-order chi connectivity index (χ0) is 12.1. The van der Waals surface area contributed by atoms with Gasteiger partial charge in [0.25, 0.3) is 12.1 Å². The lowest BCUT2D eigenvalue weighted by Gasteiger charge is -2.31. The van der Waals surface area contributed by atoms with Crippen LogP contribution in [0.3, 0.4) is 0 Å².